The highest BCUT2D eigenvalue weighted by Crippen LogP contribution is 2.29. The molecule has 12 nitrogen and oxygen atoms in total. The van der Waals surface area contributed by atoms with Gasteiger partial charge in [0.2, 0.25) is 11.8 Å². The summed E-state index contributed by atoms with van der Waals surface area (Å²) < 4.78 is 10.9. The number of H-pyrrole nitrogens is 2. The van der Waals surface area contributed by atoms with E-state index in [0.717, 1.165) is 33.6 Å². The highest BCUT2D eigenvalue weighted by atomic mass is 16.6. The zero-order valence-corrected chi connectivity index (χ0v) is 23.9. The van der Waals surface area contributed by atoms with Crippen LogP contribution in [0.5, 0.6) is 0 Å². The van der Waals surface area contributed by atoms with E-state index in [-0.39, 0.29) is 12.8 Å². The van der Waals surface area contributed by atoms with Crippen molar-refractivity contribution < 1.29 is 29.3 Å². The van der Waals surface area contributed by atoms with E-state index < -0.39 is 35.6 Å². The number of hydrogen-bond acceptors (Lipinski definition) is 8. The van der Waals surface area contributed by atoms with Gasteiger partial charge in [0.05, 0.1) is 30.2 Å². The summed E-state index contributed by atoms with van der Waals surface area (Å²) in [5, 5.41) is 19.9. The first-order valence-electron chi connectivity index (χ1n) is 13.3. The summed E-state index contributed by atoms with van der Waals surface area (Å²) in [5.74, 6) is -3.34. The molecule has 4 rings (SSSR count). The van der Waals surface area contributed by atoms with Crippen molar-refractivity contribution in [3.8, 4) is 33.6 Å². The van der Waals surface area contributed by atoms with Crippen molar-refractivity contribution in [3.63, 3.8) is 0 Å². The average molecular weight is 577 g/mol. The lowest BCUT2D eigenvalue weighted by Gasteiger charge is -2.24. The van der Waals surface area contributed by atoms with Gasteiger partial charge in [0, 0.05) is 6.42 Å². The highest BCUT2D eigenvalue weighted by Gasteiger charge is 2.27. The van der Waals surface area contributed by atoms with Crippen LogP contribution in [0.2, 0.25) is 0 Å². The summed E-state index contributed by atoms with van der Waals surface area (Å²) >= 11 is 0. The van der Waals surface area contributed by atoms with E-state index in [1.165, 1.54) is 27.7 Å². The molecule has 2 aromatic carbocycles. The Morgan fingerprint density at radius 3 is 1.74 bits per heavy atom. The van der Waals surface area contributed by atoms with Crippen LogP contribution in [-0.2, 0) is 25.5 Å². The number of aromatic nitrogens is 4. The van der Waals surface area contributed by atoms with Crippen LogP contribution in [0.25, 0.3) is 33.6 Å². The number of ether oxygens (including phenoxy) is 2. The maximum atomic E-state index is 11.8. The summed E-state index contributed by atoms with van der Waals surface area (Å²) in [5.41, 5.74) is 16.0. The van der Waals surface area contributed by atoms with Gasteiger partial charge in [0.25, 0.3) is 0 Å². The number of rotatable bonds is 13. The molecule has 0 saturated heterocycles. The third kappa shape index (κ3) is 8.33. The zero-order valence-electron chi connectivity index (χ0n) is 23.9. The van der Waals surface area contributed by atoms with Crippen molar-refractivity contribution in [1.82, 2.24) is 19.9 Å². The van der Waals surface area contributed by atoms with Gasteiger partial charge in [-0.05, 0) is 49.9 Å². The number of hydrogen-bond donors (Lipinski definition) is 6. The second-order valence-electron chi connectivity index (χ2n) is 11.0. The molecule has 2 aromatic heterocycles. The van der Waals surface area contributed by atoms with Gasteiger partial charge in [-0.15, -0.1) is 0 Å². The van der Waals surface area contributed by atoms with Crippen LogP contribution in [0.1, 0.15) is 51.9 Å². The Morgan fingerprint density at radius 2 is 1.26 bits per heavy atom. The first-order valence-corrected chi connectivity index (χ1v) is 13.3. The van der Waals surface area contributed by atoms with Crippen molar-refractivity contribution in [1.29, 1.82) is 0 Å². The van der Waals surface area contributed by atoms with E-state index in [0.29, 0.717) is 11.6 Å². The monoisotopic (exact) mass is 576 g/mol. The fraction of sp³-hybridized carbons (Fsp3) is 0.333. The van der Waals surface area contributed by atoms with Gasteiger partial charge < -0.3 is 41.1 Å². The van der Waals surface area contributed by atoms with Crippen LogP contribution in [0.15, 0.2) is 60.9 Å². The minimum Gasteiger partial charge on any atom is -0.370 e. The first kappa shape index (κ1) is 30.6. The smallest absolute Gasteiger partial charge is 0.247 e. The lowest BCUT2D eigenvalue weighted by molar-refractivity contribution is -0.210. The van der Waals surface area contributed by atoms with E-state index >= 15 is 0 Å². The molecular formula is C30H36N6O6. The lowest BCUT2D eigenvalue weighted by Crippen LogP contribution is -2.40. The second kappa shape index (κ2) is 12.2. The molecule has 0 bridgehead atoms. The maximum Gasteiger partial charge on any atom is 0.247 e. The Labute approximate surface area is 243 Å². The molecular weight excluding hydrogens is 540 g/mol. The Morgan fingerprint density at radius 1 is 0.786 bits per heavy atom. The molecule has 12 heteroatoms. The van der Waals surface area contributed by atoms with Crippen LogP contribution in [-0.4, -0.2) is 59.6 Å². The molecule has 0 aliphatic rings. The number of nitrogens with one attached hydrogen (secondary N) is 2. The number of primary amides is 2. The van der Waals surface area contributed by atoms with Crippen molar-refractivity contribution in [3.05, 3.63) is 72.6 Å². The summed E-state index contributed by atoms with van der Waals surface area (Å²) in [6, 6.07) is 15.8. The number of aliphatic hydroxyl groups is 2. The lowest BCUT2D eigenvalue weighted by atomic mass is 10.0. The van der Waals surface area contributed by atoms with Crippen LogP contribution in [0, 0.1) is 0 Å². The highest BCUT2D eigenvalue weighted by molar-refractivity contribution is 5.79. The molecule has 222 valence electrons. The van der Waals surface area contributed by atoms with Crippen LogP contribution in [0.4, 0.5) is 0 Å². The number of carbonyl (C=O) groups excluding carboxylic acids is 2. The number of carbonyl (C=O) groups is 2. The van der Waals surface area contributed by atoms with E-state index in [9.17, 15) is 19.8 Å². The summed E-state index contributed by atoms with van der Waals surface area (Å²) in [7, 11) is 0. The minimum absolute atomic E-state index is 0.0970. The molecule has 4 aromatic rings. The fourth-order valence-electron chi connectivity index (χ4n) is 4.39. The van der Waals surface area contributed by atoms with Crippen molar-refractivity contribution in [2.75, 3.05) is 0 Å². The molecule has 0 fully saturated rings. The second-order valence-corrected chi connectivity index (χ2v) is 11.0. The molecule has 0 saturated carbocycles. The number of aromatic amines is 2. The molecule has 2 amide bonds. The van der Waals surface area contributed by atoms with E-state index in [4.69, 9.17) is 20.9 Å². The van der Waals surface area contributed by atoms with E-state index in [2.05, 4.69) is 19.9 Å². The van der Waals surface area contributed by atoms with Gasteiger partial charge in [0.15, 0.2) is 11.6 Å². The van der Waals surface area contributed by atoms with Crippen molar-refractivity contribution in [2.45, 2.75) is 64.3 Å². The minimum atomic E-state index is -1.51. The van der Waals surface area contributed by atoms with Crippen molar-refractivity contribution in [2.24, 2.45) is 11.5 Å². The number of imidazole rings is 2. The van der Waals surface area contributed by atoms with Gasteiger partial charge in [-0.2, -0.15) is 0 Å². The molecule has 0 spiro atoms. The predicted molar refractivity (Wildman–Crippen MR) is 155 cm³/mol. The third-order valence-corrected chi connectivity index (χ3v) is 6.20. The van der Waals surface area contributed by atoms with E-state index in [1.54, 1.807) is 12.4 Å². The topological polar surface area (TPSA) is 202 Å². The van der Waals surface area contributed by atoms with Crippen LogP contribution in [0.3, 0.4) is 0 Å². The van der Waals surface area contributed by atoms with Crippen LogP contribution < -0.4 is 11.5 Å². The number of nitrogens with two attached hydrogens (primary N) is 2. The number of nitrogens with zero attached hydrogens (tertiary/aromatic N) is 2. The van der Waals surface area contributed by atoms with Gasteiger partial charge in [-0.3, -0.25) is 9.59 Å². The first-order chi connectivity index (χ1) is 19.7. The predicted octanol–water partition coefficient (Wildman–Crippen LogP) is 2.94. The Balaban J connectivity index is 1.45. The van der Waals surface area contributed by atoms with Gasteiger partial charge in [-0.1, -0.05) is 48.5 Å². The molecule has 2 heterocycles. The standard InChI is InChI=1S/C30H36N6O6/c1-29(2,39)41-23(27(32)38)14-26-33-15-21(35-26)19-9-5-17(6-10-19)18-7-11-20(12-8-18)22-16-34-28(36-22)24(13-25(31)37)42-30(3,4)40/h5-12,15-16,23-24,39-40H,13-14H2,1-4H3,(H2,31,37)(H2,32,38)(H,33,35)(H,34,36)/t23-,24-/m1/s1. The molecule has 42 heavy (non-hydrogen) atoms. The molecule has 0 radical (unpaired) electrons. The average Bonchev–Trinajstić information content (AvgIpc) is 3.57. The number of benzene rings is 2. The number of amides is 2. The van der Waals surface area contributed by atoms with Gasteiger partial charge in [0.1, 0.15) is 23.9 Å². The Hall–Kier alpha value is -4.36. The van der Waals surface area contributed by atoms with Gasteiger partial charge in [-0.25, -0.2) is 9.97 Å². The summed E-state index contributed by atoms with van der Waals surface area (Å²) in [4.78, 5) is 38.3. The molecule has 0 aliphatic heterocycles. The van der Waals surface area contributed by atoms with E-state index in [1.807, 2.05) is 48.5 Å². The normalized spacial score (nSPS) is 13.6. The maximum absolute atomic E-state index is 11.8. The Kier molecular flexibility index (Phi) is 8.92. The summed E-state index contributed by atoms with van der Waals surface area (Å²) in [6.07, 6.45) is 1.43. The van der Waals surface area contributed by atoms with Gasteiger partial charge >= 0.3 is 0 Å². The van der Waals surface area contributed by atoms with Crippen molar-refractivity contribution >= 4 is 11.8 Å². The SMILES string of the molecule is CC(C)(O)O[C@H](Cc1ncc(-c2ccc(-c3ccc(-c4cnc([C@@H](CC(N)=O)OC(C)(C)O)[nH]4)cc3)cc2)[nH]1)C(N)=O. The largest absolute Gasteiger partial charge is 0.370 e. The molecule has 2 atom stereocenters. The summed E-state index contributed by atoms with van der Waals surface area (Å²) in [6.45, 7) is 5.80. The fourth-order valence-corrected chi connectivity index (χ4v) is 4.39. The third-order valence-electron chi connectivity index (χ3n) is 6.20. The Bertz CT molecular complexity index is 1510. The zero-order chi connectivity index (χ0) is 30.7. The molecule has 8 N–H and O–H groups in total. The van der Waals surface area contributed by atoms with Crippen LogP contribution >= 0.6 is 0 Å². The molecule has 0 aliphatic carbocycles. The quantitative estimate of drug-likeness (QED) is 0.130. The molecule has 0 unspecified atom stereocenters.